The van der Waals surface area contributed by atoms with Gasteiger partial charge in [-0.3, -0.25) is 9.78 Å². The number of amides is 1. The Balaban J connectivity index is 1.53. The molecular weight excluding hydrogens is 302 g/mol. The number of hydrogen-bond acceptors (Lipinski definition) is 4. The lowest BCUT2D eigenvalue weighted by Gasteiger charge is -2.12. The molecule has 122 valence electrons. The topological polar surface area (TPSA) is 71.6 Å². The number of carbonyl (C=O) groups is 1. The molecule has 0 saturated carbocycles. The molecule has 2 aromatic heterocycles. The highest BCUT2D eigenvalue weighted by molar-refractivity contribution is 5.92. The molecule has 0 atom stereocenters. The summed E-state index contributed by atoms with van der Waals surface area (Å²) in [5, 5.41) is 11.1. The van der Waals surface area contributed by atoms with Gasteiger partial charge in [0.05, 0.1) is 0 Å². The van der Waals surface area contributed by atoms with E-state index in [1.807, 2.05) is 35.0 Å². The van der Waals surface area contributed by atoms with Crippen LogP contribution in [0, 0.1) is 12.3 Å². The van der Waals surface area contributed by atoms with E-state index >= 15 is 0 Å². The third-order valence-corrected chi connectivity index (χ3v) is 4.00. The van der Waals surface area contributed by atoms with Gasteiger partial charge in [0.15, 0.2) is 5.66 Å². The molecule has 24 heavy (non-hydrogen) atoms. The van der Waals surface area contributed by atoms with Crippen molar-refractivity contribution in [1.29, 1.82) is 0 Å². The normalized spacial score (nSPS) is 14.1. The van der Waals surface area contributed by atoms with Gasteiger partial charge in [-0.05, 0) is 23.8 Å². The van der Waals surface area contributed by atoms with Crippen LogP contribution in [0.1, 0.15) is 35.3 Å². The van der Waals surface area contributed by atoms with E-state index in [0.29, 0.717) is 31.6 Å². The molecule has 0 bridgehead atoms. The fourth-order valence-electron chi connectivity index (χ4n) is 2.58. The summed E-state index contributed by atoms with van der Waals surface area (Å²) in [5.41, 5.74) is 1.31. The third kappa shape index (κ3) is 3.87. The molecule has 0 aliphatic carbocycles. The first-order valence-electron chi connectivity index (χ1n) is 7.92. The average Bonchev–Trinajstić information content (AvgIpc) is 3.22. The fourth-order valence-corrected chi connectivity index (χ4v) is 2.58. The largest absolute Gasteiger partial charge is 0.351 e. The predicted octanol–water partition coefficient (Wildman–Crippen LogP) is 2.63. The molecule has 0 radical (unpaired) electrons. The standard InChI is InChI=1S/C18H19N5O/c1-2-3-8-18(21-22-18)9-11-20-17(24)16-7-5-12-23(16)14-15-6-4-10-19-13-15/h1,4-7,10,12-13H,3,8-9,11,14H2,(H,20,24). The SMILES string of the molecule is C#CCCC1(CCNC(=O)c2cccn2Cc2cccnc2)N=N1. The number of aromatic nitrogens is 2. The minimum Gasteiger partial charge on any atom is -0.351 e. The van der Waals surface area contributed by atoms with Gasteiger partial charge in [-0.25, -0.2) is 0 Å². The van der Waals surface area contributed by atoms with Crippen molar-refractivity contribution in [2.45, 2.75) is 31.5 Å². The summed E-state index contributed by atoms with van der Waals surface area (Å²) in [6, 6.07) is 7.55. The molecule has 0 saturated heterocycles. The molecule has 0 spiro atoms. The molecule has 0 fully saturated rings. The van der Waals surface area contributed by atoms with Crippen LogP contribution in [0.25, 0.3) is 0 Å². The van der Waals surface area contributed by atoms with Crippen LogP contribution in [0.3, 0.4) is 0 Å². The lowest BCUT2D eigenvalue weighted by molar-refractivity contribution is 0.0943. The van der Waals surface area contributed by atoms with Crippen molar-refractivity contribution in [2.24, 2.45) is 10.2 Å². The Morgan fingerprint density at radius 2 is 2.17 bits per heavy atom. The average molecular weight is 321 g/mol. The van der Waals surface area contributed by atoms with Gasteiger partial charge in [-0.15, -0.1) is 12.3 Å². The first-order valence-corrected chi connectivity index (χ1v) is 7.92. The number of nitrogens with one attached hydrogen (secondary N) is 1. The highest BCUT2D eigenvalue weighted by atomic mass is 16.1. The van der Waals surface area contributed by atoms with Crippen molar-refractivity contribution in [3.05, 3.63) is 54.1 Å². The number of pyridine rings is 1. The predicted molar refractivity (Wildman–Crippen MR) is 90.4 cm³/mol. The molecule has 3 rings (SSSR count). The van der Waals surface area contributed by atoms with E-state index in [9.17, 15) is 4.79 Å². The van der Waals surface area contributed by atoms with Crippen molar-refractivity contribution in [3.63, 3.8) is 0 Å². The molecule has 2 aromatic rings. The second-order valence-corrected chi connectivity index (χ2v) is 5.78. The highest BCUT2D eigenvalue weighted by Crippen LogP contribution is 2.36. The number of carbonyl (C=O) groups excluding carboxylic acids is 1. The van der Waals surface area contributed by atoms with Crippen LogP contribution >= 0.6 is 0 Å². The van der Waals surface area contributed by atoms with Crippen molar-refractivity contribution in [3.8, 4) is 12.3 Å². The first-order chi connectivity index (χ1) is 11.7. The number of nitrogens with zero attached hydrogens (tertiary/aromatic N) is 4. The number of hydrogen-bond donors (Lipinski definition) is 1. The third-order valence-electron chi connectivity index (χ3n) is 4.00. The van der Waals surface area contributed by atoms with Gasteiger partial charge in [-0.2, -0.15) is 10.2 Å². The molecule has 1 aliphatic rings. The van der Waals surface area contributed by atoms with Gasteiger partial charge in [0, 0.05) is 50.9 Å². The molecular formula is C18H19N5O. The molecule has 1 N–H and O–H groups in total. The smallest absolute Gasteiger partial charge is 0.267 e. The zero-order chi connectivity index (χ0) is 16.8. The van der Waals surface area contributed by atoms with Gasteiger partial charge < -0.3 is 9.88 Å². The van der Waals surface area contributed by atoms with Crippen LogP contribution in [0.4, 0.5) is 0 Å². The summed E-state index contributed by atoms with van der Waals surface area (Å²) < 4.78 is 1.91. The quantitative estimate of drug-likeness (QED) is 0.759. The minimum atomic E-state index is -0.364. The summed E-state index contributed by atoms with van der Waals surface area (Å²) in [5.74, 6) is 2.50. The Morgan fingerprint density at radius 3 is 2.88 bits per heavy atom. The molecule has 0 aromatic carbocycles. The zero-order valence-corrected chi connectivity index (χ0v) is 13.4. The van der Waals surface area contributed by atoms with E-state index in [4.69, 9.17) is 6.42 Å². The number of rotatable bonds is 8. The fraction of sp³-hybridized carbons (Fsp3) is 0.333. The Kier molecular flexibility index (Phi) is 4.71. The van der Waals surface area contributed by atoms with Gasteiger partial charge in [0.1, 0.15) is 5.69 Å². The van der Waals surface area contributed by atoms with Crippen molar-refractivity contribution < 1.29 is 4.79 Å². The Hall–Kier alpha value is -2.94. The van der Waals surface area contributed by atoms with Gasteiger partial charge in [-0.1, -0.05) is 6.07 Å². The molecule has 3 heterocycles. The van der Waals surface area contributed by atoms with E-state index < -0.39 is 0 Å². The molecule has 6 nitrogen and oxygen atoms in total. The summed E-state index contributed by atoms with van der Waals surface area (Å²) in [7, 11) is 0. The first kappa shape index (κ1) is 15.9. The van der Waals surface area contributed by atoms with Gasteiger partial charge >= 0.3 is 0 Å². The molecule has 0 unspecified atom stereocenters. The second kappa shape index (κ2) is 7.09. The van der Waals surface area contributed by atoms with Crippen LogP contribution in [0.5, 0.6) is 0 Å². The van der Waals surface area contributed by atoms with E-state index in [-0.39, 0.29) is 11.6 Å². The lowest BCUT2D eigenvalue weighted by atomic mass is 10.0. The summed E-state index contributed by atoms with van der Waals surface area (Å²) in [4.78, 5) is 16.5. The van der Waals surface area contributed by atoms with Gasteiger partial charge in [0.25, 0.3) is 5.91 Å². The van der Waals surface area contributed by atoms with Crippen LogP contribution in [-0.2, 0) is 6.54 Å². The van der Waals surface area contributed by atoms with E-state index in [0.717, 1.165) is 12.0 Å². The molecule has 1 aliphatic heterocycles. The van der Waals surface area contributed by atoms with Crippen molar-refractivity contribution in [1.82, 2.24) is 14.9 Å². The van der Waals surface area contributed by atoms with Crippen LogP contribution in [-0.4, -0.2) is 27.7 Å². The maximum absolute atomic E-state index is 12.4. The van der Waals surface area contributed by atoms with Crippen molar-refractivity contribution >= 4 is 5.91 Å². The monoisotopic (exact) mass is 321 g/mol. The molecule has 6 heteroatoms. The van der Waals surface area contributed by atoms with E-state index in [2.05, 4.69) is 26.4 Å². The summed E-state index contributed by atoms with van der Waals surface area (Å²) in [6.45, 7) is 1.13. The summed E-state index contributed by atoms with van der Waals surface area (Å²) >= 11 is 0. The minimum absolute atomic E-state index is 0.100. The Bertz CT molecular complexity index is 766. The van der Waals surface area contributed by atoms with Gasteiger partial charge in [0.2, 0.25) is 0 Å². The summed E-state index contributed by atoms with van der Waals surface area (Å²) in [6.07, 6.45) is 12.8. The van der Waals surface area contributed by atoms with E-state index in [1.165, 1.54) is 0 Å². The number of terminal acetylenes is 1. The Morgan fingerprint density at radius 1 is 1.29 bits per heavy atom. The molecule has 1 amide bonds. The van der Waals surface area contributed by atoms with Crippen molar-refractivity contribution in [2.75, 3.05) is 6.54 Å². The lowest BCUT2D eigenvalue weighted by Crippen LogP contribution is -2.30. The Labute approximate surface area is 141 Å². The van der Waals surface area contributed by atoms with E-state index in [1.54, 1.807) is 12.4 Å². The maximum Gasteiger partial charge on any atom is 0.267 e. The van der Waals surface area contributed by atoms with Crippen LogP contribution < -0.4 is 5.32 Å². The second-order valence-electron chi connectivity index (χ2n) is 5.78. The van der Waals surface area contributed by atoms with Crippen LogP contribution in [0.15, 0.2) is 53.1 Å². The highest BCUT2D eigenvalue weighted by Gasteiger charge is 2.38. The van der Waals surface area contributed by atoms with Crippen LogP contribution in [0.2, 0.25) is 0 Å². The maximum atomic E-state index is 12.4. The zero-order valence-electron chi connectivity index (χ0n) is 13.4.